The first-order chi connectivity index (χ1) is 8.42. The summed E-state index contributed by atoms with van der Waals surface area (Å²) < 4.78 is 0. The summed E-state index contributed by atoms with van der Waals surface area (Å²) in [4.78, 5) is 6.92. The van der Waals surface area contributed by atoms with Gasteiger partial charge < -0.3 is 10.2 Å². The van der Waals surface area contributed by atoms with Gasteiger partial charge in [0.25, 0.3) is 0 Å². The molecule has 0 aliphatic rings. The second-order valence-corrected chi connectivity index (χ2v) is 5.87. The van der Waals surface area contributed by atoms with Gasteiger partial charge in [-0.25, -0.2) is 4.98 Å². The van der Waals surface area contributed by atoms with Crippen LogP contribution in [0.5, 0.6) is 0 Å². The van der Waals surface area contributed by atoms with E-state index >= 15 is 0 Å². The van der Waals surface area contributed by atoms with Crippen molar-refractivity contribution in [2.45, 2.75) is 52.6 Å². The van der Waals surface area contributed by atoms with Gasteiger partial charge in [0.1, 0.15) is 5.82 Å². The molecule has 0 radical (unpaired) electrons. The number of nitrogens with zero attached hydrogens (tertiary/aromatic N) is 2. The number of unbranched alkanes of at least 4 members (excludes halogenated alkanes) is 1. The summed E-state index contributed by atoms with van der Waals surface area (Å²) in [6.45, 7) is 10.6. The molecule has 0 unspecified atom stereocenters. The Bertz CT molecular complexity index is 355. The van der Waals surface area contributed by atoms with E-state index in [1.54, 1.807) is 0 Å². The van der Waals surface area contributed by atoms with E-state index < -0.39 is 0 Å². The van der Waals surface area contributed by atoms with Crippen molar-refractivity contribution in [3.8, 4) is 0 Å². The van der Waals surface area contributed by atoms with Crippen molar-refractivity contribution in [1.29, 1.82) is 0 Å². The van der Waals surface area contributed by atoms with Crippen LogP contribution in [0.3, 0.4) is 0 Å². The number of rotatable bonds is 6. The molecular weight excluding hydrogens is 222 g/mol. The highest BCUT2D eigenvalue weighted by molar-refractivity contribution is 5.38. The van der Waals surface area contributed by atoms with Gasteiger partial charge in [0.05, 0.1) is 5.69 Å². The third-order valence-electron chi connectivity index (χ3n) is 2.83. The number of nitrogens with one attached hydrogen (secondary N) is 1. The summed E-state index contributed by atoms with van der Waals surface area (Å²) in [5.41, 5.74) is 1.23. The number of aromatic nitrogens is 1. The lowest BCUT2D eigenvalue weighted by Gasteiger charge is -2.21. The van der Waals surface area contributed by atoms with E-state index in [0.717, 1.165) is 24.6 Å². The van der Waals surface area contributed by atoms with Crippen LogP contribution in [0.2, 0.25) is 0 Å². The minimum Gasteiger partial charge on any atom is -0.360 e. The van der Waals surface area contributed by atoms with E-state index in [-0.39, 0.29) is 5.54 Å². The maximum absolute atomic E-state index is 4.69. The minimum absolute atomic E-state index is 0.131. The molecule has 1 aromatic heterocycles. The first kappa shape index (κ1) is 15.0. The van der Waals surface area contributed by atoms with Gasteiger partial charge in [-0.2, -0.15) is 0 Å². The van der Waals surface area contributed by atoms with Crippen LogP contribution in [0.4, 0.5) is 5.82 Å². The predicted octanol–water partition coefficient (Wildman–Crippen LogP) is 3.21. The van der Waals surface area contributed by atoms with Gasteiger partial charge in [-0.1, -0.05) is 19.4 Å². The van der Waals surface area contributed by atoms with E-state index in [1.165, 1.54) is 12.8 Å². The van der Waals surface area contributed by atoms with Crippen LogP contribution < -0.4 is 10.2 Å². The molecule has 0 spiro atoms. The molecule has 0 aliphatic carbocycles. The van der Waals surface area contributed by atoms with Crippen molar-refractivity contribution in [3.63, 3.8) is 0 Å². The molecule has 0 saturated heterocycles. The zero-order valence-corrected chi connectivity index (χ0v) is 12.5. The Balaban J connectivity index is 2.61. The monoisotopic (exact) mass is 249 g/mol. The normalized spacial score (nSPS) is 11.6. The Kier molecular flexibility index (Phi) is 5.60. The molecule has 0 atom stereocenters. The largest absolute Gasteiger partial charge is 0.360 e. The molecular formula is C15H27N3. The van der Waals surface area contributed by atoms with Crippen LogP contribution in [-0.2, 0) is 6.54 Å². The first-order valence-corrected chi connectivity index (χ1v) is 6.84. The molecule has 0 saturated carbocycles. The summed E-state index contributed by atoms with van der Waals surface area (Å²) in [7, 11) is 2.11. The van der Waals surface area contributed by atoms with Crippen LogP contribution in [0.25, 0.3) is 0 Å². The van der Waals surface area contributed by atoms with Crippen LogP contribution in [0.15, 0.2) is 18.2 Å². The maximum Gasteiger partial charge on any atom is 0.128 e. The molecule has 18 heavy (non-hydrogen) atoms. The van der Waals surface area contributed by atoms with Crippen molar-refractivity contribution in [2.75, 3.05) is 18.5 Å². The fourth-order valence-electron chi connectivity index (χ4n) is 1.64. The molecule has 0 amide bonds. The molecule has 1 rings (SSSR count). The minimum atomic E-state index is 0.131. The maximum atomic E-state index is 4.69. The summed E-state index contributed by atoms with van der Waals surface area (Å²) in [6, 6.07) is 6.25. The van der Waals surface area contributed by atoms with Gasteiger partial charge in [0, 0.05) is 25.7 Å². The average molecular weight is 249 g/mol. The fraction of sp³-hybridized carbons (Fsp3) is 0.667. The summed E-state index contributed by atoms with van der Waals surface area (Å²) in [5, 5.41) is 3.47. The van der Waals surface area contributed by atoms with Gasteiger partial charge in [-0.15, -0.1) is 0 Å². The average Bonchev–Trinajstić information content (AvgIpc) is 2.33. The predicted molar refractivity (Wildman–Crippen MR) is 79.0 cm³/mol. The smallest absolute Gasteiger partial charge is 0.128 e. The van der Waals surface area contributed by atoms with E-state index in [9.17, 15) is 0 Å². The van der Waals surface area contributed by atoms with Gasteiger partial charge >= 0.3 is 0 Å². The molecule has 1 heterocycles. The second-order valence-electron chi connectivity index (χ2n) is 5.87. The van der Waals surface area contributed by atoms with Crippen LogP contribution in [0.1, 0.15) is 46.2 Å². The lowest BCUT2D eigenvalue weighted by Crippen LogP contribution is -2.35. The van der Waals surface area contributed by atoms with Crippen molar-refractivity contribution < 1.29 is 0 Å². The Morgan fingerprint density at radius 2 is 2.00 bits per heavy atom. The Morgan fingerprint density at radius 3 is 2.61 bits per heavy atom. The zero-order valence-electron chi connectivity index (χ0n) is 12.5. The molecule has 0 fully saturated rings. The van der Waals surface area contributed by atoms with Gasteiger partial charge in [0.2, 0.25) is 0 Å². The van der Waals surface area contributed by atoms with Crippen LogP contribution >= 0.6 is 0 Å². The summed E-state index contributed by atoms with van der Waals surface area (Å²) >= 11 is 0. The molecule has 0 aliphatic heterocycles. The van der Waals surface area contributed by atoms with Crippen molar-refractivity contribution in [1.82, 2.24) is 10.3 Å². The Labute approximate surface area is 112 Å². The molecule has 3 nitrogen and oxygen atoms in total. The Hall–Kier alpha value is -1.09. The standard InChI is InChI=1S/C15H27N3/c1-6-7-11-18(5)14-10-8-9-13(17-14)12-16-15(2,3)4/h8-10,16H,6-7,11-12H2,1-5H3. The number of hydrogen-bond acceptors (Lipinski definition) is 3. The highest BCUT2D eigenvalue weighted by Gasteiger charge is 2.09. The topological polar surface area (TPSA) is 28.2 Å². The molecule has 1 N–H and O–H groups in total. The van der Waals surface area contributed by atoms with Crippen LogP contribution in [0, 0.1) is 0 Å². The lowest BCUT2D eigenvalue weighted by atomic mass is 10.1. The van der Waals surface area contributed by atoms with Gasteiger partial charge in [0.15, 0.2) is 0 Å². The molecule has 3 heteroatoms. The van der Waals surface area contributed by atoms with E-state index in [4.69, 9.17) is 4.98 Å². The fourth-order valence-corrected chi connectivity index (χ4v) is 1.64. The van der Waals surface area contributed by atoms with Crippen molar-refractivity contribution >= 4 is 5.82 Å². The molecule has 0 bridgehead atoms. The number of hydrogen-bond donors (Lipinski definition) is 1. The SMILES string of the molecule is CCCCN(C)c1cccc(CNC(C)(C)C)n1. The highest BCUT2D eigenvalue weighted by Crippen LogP contribution is 2.11. The molecule has 1 aromatic rings. The highest BCUT2D eigenvalue weighted by atomic mass is 15.2. The first-order valence-electron chi connectivity index (χ1n) is 6.84. The van der Waals surface area contributed by atoms with Gasteiger partial charge in [-0.05, 0) is 39.3 Å². The third-order valence-corrected chi connectivity index (χ3v) is 2.83. The second kappa shape index (κ2) is 6.74. The summed E-state index contributed by atoms with van der Waals surface area (Å²) in [5.74, 6) is 1.07. The van der Waals surface area contributed by atoms with E-state index in [0.29, 0.717) is 0 Å². The lowest BCUT2D eigenvalue weighted by molar-refractivity contribution is 0.421. The molecule has 0 aromatic carbocycles. The van der Waals surface area contributed by atoms with E-state index in [1.807, 2.05) is 0 Å². The Morgan fingerprint density at radius 1 is 1.28 bits per heavy atom. The number of pyridine rings is 1. The van der Waals surface area contributed by atoms with Gasteiger partial charge in [-0.3, -0.25) is 0 Å². The van der Waals surface area contributed by atoms with E-state index in [2.05, 4.69) is 63.2 Å². The third kappa shape index (κ3) is 5.50. The van der Waals surface area contributed by atoms with Crippen LogP contribution in [-0.4, -0.2) is 24.1 Å². The zero-order chi connectivity index (χ0) is 13.6. The van der Waals surface area contributed by atoms with Crippen molar-refractivity contribution in [3.05, 3.63) is 23.9 Å². The number of anilines is 1. The quantitative estimate of drug-likeness (QED) is 0.839. The molecule has 102 valence electrons. The van der Waals surface area contributed by atoms with Crippen molar-refractivity contribution in [2.24, 2.45) is 0 Å². The summed E-state index contributed by atoms with van der Waals surface area (Å²) in [6.07, 6.45) is 2.43.